The molecule has 0 amide bonds. The molecule has 1 aromatic rings. The first-order valence-corrected chi connectivity index (χ1v) is 4.06. The number of nitrogens with two attached hydrogens (primary N) is 1. The Morgan fingerprint density at radius 2 is 2.18 bits per heavy atom. The molecule has 1 rings (SSSR count). The van der Waals surface area contributed by atoms with Crippen LogP contribution in [0.25, 0.3) is 0 Å². The van der Waals surface area contributed by atoms with Gasteiger partial charge in [-0.25, -0.2) is 0 Å². The van der Waals surface area contributed by atoms with E-state index in [9.17, 15) is 0 Å². The van der Waals surface area contributed by atoms with Gasteiger partial charge >= 0.3 is 0 Å². The van der Waals surface area contributed by atoms with E-state index in [4.69, 9.17) is 5.73 Å². The molecule has 0 heterocycles. The summed E-state index contributed by atoms with van der Waals surface area (Å²) < 4.78 is 0. The second kappa shape index (κ2) is 3.54. The third-order valence-corrected chi connectivity index (χ3v) is 1.91. The minimum atomic E-state index is 0.204. The van der Waals surface area contributed by atoms with Gasteiger partial charge in [0.15, 0.2) is 0 Å². The van der Waals surface area contributed by atoms with Crippen molar-refractivity contribution in [1.82, 2.24) is 0 Å². The van der Waals surface area contributed by atoms with Crippen molar-refractivity contribution in [3.05, 3.63) is 35.4 Å². The van der Waals surface area contributed by atoms with E-state index in [1.807, 2.05) is 0 Å². The normalized spacial score (nSPS) is 13.0. The van der Waals surface area contributed by atoms with Gasteiger partial charge in [0.1, 0.15) is 0 Å². The Hall–Kier alpha value is -0.820. The predicted octanol–water partition coefficient (Wildman–Crippen LogP) is 2.40. The van der Waals surface area contributed by atoms with E-state index in [1.54, 1.807) is 0 Å². The van der Waals surface area contributed by atoms with Crippen LogP contribution in [0.3, 0.4) is 0 Å². The molecular weight excluding hydrogens is 134 g/mol. The van der Waals surface area contributed by atoms with Gasteiger partial charge in [-0.15, -0.1) is 0 Å². The van der Waals surface area contributed by atoms with E-state index in [0.717, 1.165) is 6.42 Å². The largest absolute Gasteiger partial charge is 0.324 e. The number of benzene rings is 1. The fourth-order valence-electron chi connectivity index (χ4n) is 1.14. The average molecular weight is 149 g/mol. The smallest absolute Gasteiger partial charge is 0.0292 e. The molecule has 1 aromatic carbocycles. The molecule has 0 saturated heterocycles. The molecule has 0 radical (unpaired) electrons. The summed E-state index contributed by atoms with van der Waals surface area (Å²) in [5, 5.41) is 0. The fourth-order valence-corrected chi connectivity index (χ4v) is 1.14. The molecule has 1 unspecified atom stereocenters. The Labute approximate surface area is 68.2 Å². The van der Waals surface area contributed by atoms with Gasteiger partial charge in [-0.05, 0) is 18.9 Å². The molecule has 0 fully saturated rings. The molecule has 0 aliphatic carbocycles. The van der Waals surface area contributed by atoms with Crippen molar-refractivity contribution in [2.24, 2.45) is 5.73 Å². The SMILES string of the molecule is CCC(N)c1cccc(C)c1. The number of hydrogen-bond acceptors (Lipinski definition) is 1. The molecule has 1 atom stereocenters. The van der Waals surface area contributed by atoms with Gasteiger partial charge in [-0.1, -0.05) is 36.8 Å². The van der Waals surface area contributed by atoms with Crippen LogP contribution >= 0.6 is 0 Å². The molecule has 0 aliphatic heterocycles. The van der Waals surface area contributed by atoms with E-state index in [2.05, 4.69) is 38.1 Å². The van der Waals surface area contributed by atoms with Gasteiger partial charge in [-0.2, -0.15) is 0 Å². The minimum Gasteiger partial charge on any atom is -0.324 e. The molecule has 1 nitrogen and oxygen atoms in total. The van der Waals surface area contributed by atoms with E-state index < -0.39 is 0 Å². The van der Waals surface area contributed by atoms with Gasteiger partial charge < -0.3 is 5.73 Å². The molecule has 0 bridgehead atoms. The second-order valence-corrected chi connectivity index (χ2v) is 2.93. The standard InChI is InChI=1S/C10H15N/c1-3-10(11)9-6-4-5-8(2)7-9/h4-7,10H,3,11H2,1-2H3. The van der Waals surface area contributed by atoms with Crippen molar-refractivity contribution >= 4 is 0 Å². The summed E-state index contributed by atoms with van der Waals surface area (Å²) in [4.78, 5) is 0. The first kappa shape index (κ1) is 8.28. The molecule has 0 aromatic heterocycles. The van der Waals surface area contributed by atoms with Crippen molar-refractivity contribution in [2.45, 2.75) is 26.3 Å². The Morgan fingerprint density at radius 1 is 1.45 bits per heavy atom. The van der Waals surface area contributed by atoms with Crippen LogP contribution in [0.2, 0.25) is 0 Å². The zero-order chi connectivity index (χ0) is 8.27. The third-order valence-electron chi connectivity index (χ3n) is 1.91. The van der Waals surface area contributed by atoms with Crippen LogP contribution in [-0.4, -0.2) is 0 Å². The van der Waals surface area contributed by atoms with Crippen LogP contribution in [0.5, 0.6) is 0 Å². The molecule has 0 aliphatic rings. The Kier molecular flexibility index (Phi) is 2.66. The average Bonchev–Trinajstić information content (AvgIpc) is 2.03. The second-order valence-electron chi connectivity index (χ2n) is 2.93. The molecule has 60 valence electrons. The van der Waals surface area contributed by atoms with Crippen LogP contribution in [0.4, 0.5) is 0 Å². The molecule has 11 heavy (non-hydrogen) atoms. The van der Waals surface area contributed by atoms with Gasteiger partial charge in [0, 0.05) is 6.04 Å². The van der Waals surface area contributed by atoms with E-state index in [-0.39, 0.29) is 6.04 Å². The summed E-state index contributed by atoms with van der Waals surface area (Å²) in [5.74, 6) is 0. The van der Waals surface area contributed by atoms with Gasteiger partial charge in [0.05, 0.1) is 0 Å². The molecule has 0 spiro atoms. The number of aryl methyl sites for hydroxylation is 1. The number of rotatable bonds is 2. The van der Waals surface area contributed by atoms with Crippen LogP contribution < -0.4 is 5.73 Å². The van der Waals surface area contributed by atoms with Crippen molar-refractivity contribution in [1.29, 1.82) is 0 Å². The zero-order valence-corrected chi connectivity index (χ0v) is 7.17. The highest BCUT2D eigenvalue weighted by molar-refractivity contribution is 5.24. The third kappa shape index (κ3) is 2.05. The van der Waals surface area contributed by atoms with E-state index in [0.29, 0.717) is 0 Å². The predicted molar refractivity (Wildman–Crippen MR) is 48.4 cm³/mol. The molecule has 2 N–H and O–H groups in total. The van der Waals surface area contributed by atoms with Crippen molar-refractivity contribution in [3.8, 4) is 0 Å². The van der Waals surface area contributed by atoms with Gasteiger partial charge in [-0.3, -0.25) is 0 Å². The van der Waals surface area contributed by atoms with Crippen LogP contribution in [0.15, 0.2) is 24.3 Å². The van der Waals surface area contributed by atoms with Crippen LogP contribution in [0, 0.1) is 6.92 Å². The molecule has 1 heteroatoms. The molecule has 0 saturated carbocycles. The fraction of sp³-hybridized carbons (Fsp3) is 0.400. The highest BCUT2D eigenvalue weighted by Crippen LogP contribution is 2.14. The highest BCUT2D eigenvalue weighted by atomic mass is 14.6. The number of hydrogen-bond donors (Lipinski definition) is 1. The summed E-state index contributed by atoms with van der Waals surface area (Å²) in [5.41, 5.74) is 8.39. The van der Waals surface area contributed by atoms with E-state index >= 15 is 0 Å². The van der Waals surface area contributed by atoms with Crippen LogP contribution in [-0.2, 0) is 0 Å². The first-order valence-electron chi connectivity index (χ1n) is 4.06. The zero-order valence-electron chi connectivity index (χ0n) is 7.17. The topological polar surface area (TPSA) is 26.0 Å². The summed E-state index contributed by atoms with van der Waals surface area (Å²) in [6, 6.07) is 8.58. The lowest BCUT2D eigenvalue weighted by Crippen LogP contribution is -2.08. The summed E-state index contributed by atoms with van der Waals surface area (Å²) in [7, 11) is 0. The maximum absolute atomic E-state index is 5.86. The van der Waals surface area contributed by atoms with Gasteiger partial charge in [0.2, 0.25) is 0 Å². The summed E-state index contributed by atoms with van der Waals surface area (Å²) >= 11 is 0. The van der Waals surface area contributed by atoms with Crippen LogP contribution in [0.1, 0.15) is 30.5 Å². The van der Waals surface area contributed by atoms with Crippen molar-refractivity contribution in [2.75, 3.05) is 0 Å². The maximum Gasteiger partial charge on any atom is 0.0292 e. The monoisotopic (exact) mass is 149 g/mol. The first-order chi connectivity index (χ1) is 5.24. The van der Waals surface area contributed by atoms with Gasteiger partial charge in [0.25, 0.3) is 0 Å². The Balaban J connectivity index is 2.86. The quantitative estimate of drug-likeness (QED) is 0.686. The maximum atomic E-state index is 5.86. The lowest BCUT2D eigenvalue weighted by Gasteiger charge is -2.08. The Morgan fingerprint density at radius 3 is 2.73 bits per heavy atom. The Bertz CT molecular complexity index is 230. The molecular formula is C10H15N. The van der Waals surface area contributed by atoms with Crippen molar-refractivity contribution in [3.63, 3.8) is 0 Å². The summed E-state index contributed by atoms with van der Waals surface area (Å²) in [6.07, 6.45) is 1.00. The van der Waals surface area contributed by atoms with E-state index in [1.165, 1.54) is 11.1 Å². The minimum absolute atomic E-state index is 0.204. The lowest BCUT2D eigenvalue weighted by molar-refractivity contribution is 0.698. The summed E-state index contributed by atoms with van der Waals surface area (Å²) in [6.45, 7) is 4.19. The van der Waals surface area contributed by atoms with Crippen molar-refractivity contribution < 1.29 is 0 Å². The highest BCUT2D eigenvalue weighted by Gasteiger charge is 2.01. The lowest BCUT2D eigenvalue weighted by atomic mass is 10.0.